The molecule has 1 aliphatic rings. The van der Waals surface area contributed by atoms with Gasteiger partial charge in [-0.15, -0.1) is 0 Å². The zero-order valence-electron chi connectivity index (χ0n) is 13.5. The summed E-state index contributed by atoms with van der Waals surface area (Å²) in [5, 5.41) is 12.9. The zero-order valence-corrected chi connectivity index (χ0v) is 13.5. The molecule has 2 N–H and O–H groups in total. The summed E-state index contributed by atoms with van der Waals surface area (Å²) < 4.78 is 13.1. The van der Waals surface area contributed by atoms with Gasteiger partial charge < -0.3 is 15.3 Å². The minimum Gasteiger partial charge on any atom is -0.391 e. The molecule has 0 aliphatic carbocycles. The fourth-order valence-electron chi connectivity index (χ4n) is 2.98. The molecule has 3 rings (SSSR count). The van der Waals surface area contributed by atoms with Gasteiger partial charge in [0.05, 0.1) is 12.1 Å². The number of rotatable bonds is 3. The highest BCUT2D eigenvalue weighted by Crippen LogP contribution is 2.33. The number of hydrogen-bond acceptors (Lipinski definition) is 5. The summed E-state index contributed by atoms with van der Waals surface area (Å²) in [5.41, 5.74) is 1.74. The lowest BCUT2D eigenvalue weighted by molar-refractivity contribution is 0.0709. The van der Waals surface area contributed by atoms with Crippen LogP contribution in [0, 0.1) is 12.7 Å². The molecule has 24 heavy (non-hydrogen) atoms. The molecule has 0 radical (unpaired) electrons. The summed E-state index contributed by atoms with van der Waals surface area (Å²) in [7, 11) is 1.68. The monoisotopic (exact) mass is 330 g/mol. The lowest BCUT2D eigenvalue weighted by Crippen LogP contribution is -2.32. The largest absolute Gasteiger partial charge is 0.391 e. The van der Waals surface area contributed by atoms with Gasteiger partial charge in [-0.1, -0.05) is 12.1 Å². The average Bonchev–Trinajstić information content (AvgIpc) is 2.96. The van der Waals surface area contributed by atoms with Crippen molar-refractivity contribution in [1.29, 1.82) is 0 Å². The molecule has 1 aromatic heterocycles. The van der Waals surface area contributed by atoms with Crippen LogP contribution in [0.4, 0.5) is 10.3 Å². The third-order valence-electron chi connectivity index (χ3n) is 4.09. The molecule has 1 amide bonds. The van der Waals surface area contributed by atoms with E-state index in [4.69, 9.17) is 0 Å². The topological polar surface area (TPSA) is 78.4 Å². The van der Waals surface area contributed by atoms with Gasteiger partial charge in [-0.2, -0.15) is 0 Å². The number of benzene rings is 1. The summed E-state index contributed by atoms with van der Waals surface area (Å²) in [4.78, 5) is 22.9. The van der Waals surface area contributed by atoms with E-state index >= 15 is 0 Å². The molecule has 1 aromatic carbocycles. The van der Waals surface area contributed by atoms with Crippen LogP contribution < -0.4 is 5.32 Å². The molecule has 1 fully saturated rings. The van der Waals surface area contributed by atoms with E-state index in [0.29, 0.717) is 18.1 Å². The van der Waals surface area contributed by atoms with Crippen LogP contribution >= 0.6 is 0 Å². The van der Waals surface area contributed by atoms with E-state index in [2.05, 4.69) is 15.3 Å². The number of amides is 1. The maximum atomic E-state index is 13.1. The zero-order chi connectivity index (χ0) is 17.3. The highest BCUT2D eigenvalue weighted by molar-refractivity contribution is 5.93. The number of carbonyl (C=O) groups excluding carboxylic acids is 1. The first-order valence-corrected chi connectivity index (χ1v) is 7.76. The number of anilines is 1. The van der Waals surface area contributed by atoms with E-state index in [1.807, 2.05) is 0 Å². The molecule has 0 spiro atoms. The molecule has 126 valence electrons. The Kier molecular flexibility index (Phi) is 4.44. The Morgan fingerprint density at radius 1 is 1.33 bits per heavy atom. The fraction of sp³-hybridized carbons (Fsp3) is 0.353. The van der Waals surface area contributed by atoms with Crippen LogP contribution in [0.3, 0.4) is 0 Å². The second-order valence-corrected chi connectivity index (χ2v) is 5.88. The van der Waals surface area contributed by atoms with E-state index in [1.165, 1.54) is 12.1 Å². The number of carbonyl (C=O) groups is 1. The Balaban J connectivity index is 1.92. The van der Waals surface area contributed by atoms with Crippen molar-refractivity contribution in [2.45, 2.75) is 25.5 Å². The van der Waals surface area contributed by atoms with E-state index in [0.717, 1.165) is 5.56 Å². The van der Waals surface area contributed by atoms with E-state index < -0.39 is 6.10 Å². The van der Waals surface area contributed by atoms with Crippen molar-refractivity contribution in [3.05, 3.63) is 53.1 Å². The van der Waals surface area contributed by atoms with Crippen molar-refractivity contribution < 1.29 is 14.3 Å². The number of β-amino-alcohol motifs (C(OH)–C–C–N with tert-alkyl or cyclic N) is 1. The van der Waals surface area contributed by atoms with Crippen LogP contribution in [0.1, 0.15) is 34.2 Å². The quantitative estimate of drug-likeness (QED) is 0.899. The number of halogens is 1. The van der Waals surface area contributed by atoms with Gasteiger partial charge in [0, 0.05) is 19.3 Å². The van der Waals surface area contributed by atoms with Crippen molar-refractivity contribution in [3.63, 3.8) is 0 Å². The predicted octanol–water partition coefficient (Wildman–Crippen LogP) is 1.91. The molecule has 0 bridgehead atoms. The lowest BCUT2D eigenvalue weighted by atomic mass is 10.0. The molecular formula is C17H19FN4O2. The standard InChI is InChI=1S/C17H19FN4O2/c1-10-7-14(21-17(19-2)20-10)16(24)22-9-13(23)8-15(22)11-3-5-12(18)6-4-11/h3-7,13,15,23H,8-9H2,1-2H3,(H,19,20,21)/t13-,15-/m0/s1. The Morgan fingerprint density at radius 2 is 2.04 bits per heavy atom. The molecule has 1 aliphatic heterocycles. The molecule has 7 heteroatoms. The predicted molar refractivity (Wildman–Crippen MR) is 87.1 cm³/mol. The normalized spacial score (nSPS) is 20.2. The second kappa shape index (κ2) is 6.52. The summed E-state index contributed by atoms with van der Waals surface area (Å²) in [6.07, 6.45) is -0.198. The third-order valence-corrected chi connectivity index (χ3v) is 4.09. The summed E-state index contributed by atoms with van der Waals surface area (Å²) in [5.74, 6) is -0.237. The van der Waals surface area contributed by atoms with E-state index in [-0.39, 0.29) is 30.0 Å². The summed E-state index contributed by atoms with van der Waals surface area (Å²) >= 11 is 0. The number of aryl methyl sites for hydroxylation is 1. The van der Waals surface area contributed by atoms with Crippen LogP contribution in [0.25, 0.3) is 0 Å². The molecule has 0 unspecified atom stereocenters. The van der Waals surface area contributed by atoms with E-state index in [1.54, 1.807) is 37.1 Å². The molecule has 1 saturated heterocycles. The van der Waals surface area contributed by atoms with Gasteiger partial charge >= 0.3 is 0 Å². The summed E-state index contributed by atoms with van der Waals surface area (Å²) in [6.45, 7) is 2.01. The van der Waals surface area contributed by atoms with Gasteiger partial charge in [0.15, 0.2) is 0 Å². The smallest absolute Gasteiger partial charge is 0.273 e. The molecule has 2 atom stereocenters. The van der Waals surface area contributed by atoms with Crippen molar-refractivity contribution in [2.75, 3.05) is 18.9 Å². The van der Waals surface area contributed by atoms with Crippen molar-refractivity contribution in [3.8, 4) is 0 Å². The molecule has 2 aromatic rings. The number of aliphatic hydroxyl groups is 1. The van der Waals surface area contributed by atoms with Crippen LogP contribution in [0.5, 0.6) is 0 Å². The molecular weight excluding hydrogens is 311 g/mol. The second-order valence-electron chi connectivity index (χ2n) is 5.88. The van der Waals surface area contributed by atoms with Gasteiger partial charge in [-0.3, -0.25) is 4.79 Å². The van der Waals surface area contributed by atoms with Gasteiger partial charge in [0.1, 0.15) is 11.5 Å². The highest BCUT2D eigenvalue weighted by Gasteiger charge is 2.36. The first-order chi connectivity index (χ1) is 11.5. The van der Waals surface area contributed by atoms with Crippen LogP contribution in [-0.2, 0) is 0 Å². The van der Waals surface area contributed by atoms with Crippen molar-refractivity contribution >= 4 is 11.9 Å². The van der Waals surface area contributed by atoms with Crippen molar-refractivity contribution in [2.24, 2.45) is 0 Å². The highest BCUT2D eigenvalue weighted by atomic mass is 19.1. The van der Waals surface area contributed by atoms with Gasteiger partial charge in [-0.25, -0.2) is 14.4 Å². The number of hydrogen-bond donors (Lipinski definition) is 2. The number of aromatic nitrogens is 2. The Labute approximate surface area is 139 Å². The molecule has 2 heterocycles. The minimum atomic E-state index is -0.615. The average molecular weight is 330 g/mol. The van der Waals surface area contributed by atoms with Crippen LogP contribution in [0.15, 0.2) is 30.3 Å². The first-order valence-electron chi connectivity index (χ1n) is 7.76. The Hall–Kier alpha value is -2.54. The number of aliphatic hydroxyl groups excluding tert-OH is 1. The number of likely N-dealkylation sites (tertiary alicyclic amines) is 1. The Morgan fingerprint density at radius 3 is 2.71 bits per heavy atom. The van der Waals surface area contributed by atoms with Crippen LogP contribution in [0.2, 0.25) is 0 Å². The van der Waals surface area contributed by atoms with E-state index in [9.17, 15) is 14.3 Å². The molecule has 6 nitrogen and oxygen atoms in total. The molecule has 0 saturated carbocycles. The maximum Gasteiger partial charge on any atom is 0.273 e. The maximum absolute atomic E-state index is 13.1. The first kappa shape index (κ1) is 16.3. The minimum absolute atomic E-state index is 0.221. The van der Waals surface area contributed by atoms with Crippen LogP contribution in [-0.4, -0.2) is 45.6 Å². The van der Waals surface area contributed by atoms with Gasteiger partial charge in [-0.05, 0) is 37.1 Å². The van der Waals surface area contributed by atoms with Crippen molar-refractivity contribution in [1.82, 2.24) is 14.9 Å². The summed E-state index contributed by atoms with van der Waals surface area (Å²) in [6, 6.07) is 7.31. The SMILES string of the molecule is CNc1nc(C)cc(C(=O)N2C[C@@H](O)C[C@H]2c2ccc(F)cc2)n1. The fourth-order valence-corrected chi connectivity index (χ4v) is 2.98. The van der Waals surface area contributed by atoms with Gasteiger partial charge in [0.2, 0.25) is 5.95 Å². The Bertz CT molecular complexity index is 751. The number of nitrogens with one attached hydrogen (secondary N) is 1. The van der Waals surface area contributed by atoms with Gasteiger partial charge in [0.25, 0.3) is 5.91 Å². The third kappa shape index (κ3) is 3.21. The number of nitrogens with zero attached hydrogens (tertiary/aromatic N) is 3. The lowest BCUT2D eigenvalue weighted by Gasteiger charge is -2.24.